The van der Waals surface area contributed by atoms with Gasteiger partial charge in [0.2, 0.25) is 0 Å². The quantitative estimate of drug-likeness (QED) is 0.602. The summed E-state index contributed by atoms with van der Waals surface area (Å²) < 4.78 is 0. The van der Waals surface area contributed by atoms with Gasteiger partial charge in [0.1, 0.15) is 11.6 Å². The minimum absolute atomic E-state index is 0.341. The Balaban J connectivity index is 1.67. The monoisotopic (exact) mass is 260 g/mol. The van der Waals surface area contributed by atoms with Crippen LogP contribution in [-0.2, 0) is 0 Å². The Kier molecular flexibility index (Phi) is 2.68. The predicted molar refractivity (Wildman–Crippen MR) is 72.6 cm³/mol. The van der Waals surface area contributed by atoms with Crippen LogP contribution >= 0.6 is 0 Å². The Morgan fingerprint density at radius 1 is 1.16 bits per heavy atom. The minimum Gasteiger partial charge on any atom is -0.308 e. The second kappa shape index (κ2) is 4.40. The van der Waals surface area contributed by atoms with Crippen LogP contribution in [0.2, 0.25) is 0 Å². The topological polar surface area (TPSA) is 70.3 Å². The number of nitrogens with zero attached hydrogens (tertiary/aromatic N) is 4. The zero-order chi connectivity index (χ0) is 12.8. The molecule has 3 N–H and O–H groups in total. The molecule has 0 spiro atoms. The average Bonchev–Trinajstić information content (AvgIpc) is 3.32. The van der Waals surface area contributed by atoms with Crippen molar-refractivity contribution in [2.24, 2.45) is 5.84 Å². The molecule has 19 heavy (non-hydrogen) atoms. The molecule has 3 saturated heterocycles. The van der Waals surface area contributed by atoms with Gasteiger partial charge in [0.25, 0.3) is 0 Å². The standard InChI is InChI=1S/C13H20N6/c14-17-12-7-10(9-1-2-9)15-13(16-12)11-8-18-3-5-19(11)6-4-18/h7,9,11H,1-6,8,14H2,(H,15,16,17). The summed E-state index contributed by atoms with van der Waals surface area (Å²) in [4.78, 5) is 14.4. The fraction of sp³-hybridized carbons (Fsp3) is 0.692. The molecule has 1 atom stereocenters. The predicted octanol–water partition coefficient (Wildman–Crippen LogP) is 0.312. The number of nitrogen functional groups attached to an aromatic ring is 1. The molecule has 102 valence electrons. The number of rotatable bonds is 3. The molecule has 0 radical (unpaired) electrons. The van der Waals surface area contributed by atoms with Gasteiger partial charge in [0, 0.05) is 50.4 Å². The van der Waals surface area contributed by atoms with Crippen LogP contribution < -0.4 is 11.3 Å². The molecule has 1 aromatic rings. The van der Waals surface area contributed by atoms with E-state index in [0.717, 1.165) is 37.0 Å². The molecule has 3 aliphatic heterocycles. The number of hydrogen-bond donors (Lipinski definition) is 2. The summed E-state index contributed by atoms with van der Waals surface area (Å²) in [6.45, 7) is 5.68. The lowest BCUT2D eigenvalue weighted by Gasteiger charge is -2.46. The van der Waals surface area contributed by atoms with Crippen molar-refractivity contribution in [2.75, 3.05) is 38.1 Å². The van der Waals surface area contributed by atoms with E-state index in [0.29, 0.717) is 12.0 Å². The highest BCUT2D eigenvalue weighted by molar-refractivity contribution is 5.37. The molecule has 4 aliphatic rings. The van der Waals surface area contributed by atoms with Gasteiger partial charge >= 0.3 is 0 Å². The summed E-state index contributed by atoms with van der Waals surface area (Å²) in [6.07, 6.45) is 2.50. The third-order valence-electron chi connectivity index (χ3n) is 4.48. The third kappa shape index (κ3) is 2.09. The molecular weight excluding hydrogens is 240 g/mol. The van der Waals surface area contributed by atoms with Gasteiger partial charge < -0.3 is 5.43 Å². The number of hydrazine groups is 1. The van der Waals surface area contributed by atoms with Crippen molar-refractivity contribution in [3.63, 3.8) is 0 Å². The molecule has 4 fully saturated rings. The van der Waals surface area contributed by atoms with Crippen LogP contribution in [0.25, 0.3) is 0 Å². The van der Waals surface area contributed by atoms with E-state index in [1.54, 1.807) is 0 Å². The van der Waals surface area contributed by atoms with Crippen molar-refractivity contribution in [3.8, 4) is 0 Å². The largest absolute Gasteiger partial charge is 0.308 e. The van der Waals surface area contributed by atoms with Crippen LogP contribution in [0, 0.1) is 0 Å². The maximum atomic E-state index is 5.55. The zero-order valence-electron chi connectivity index (χ0n) is 11.0. The van der Waals surface area contributed by atoms with Crippen molar-refractivity contribution in [2.45, 2.75) is 24.8 Å². The first-order valence-electron chi connectivity index (χ1n) is 7.15. The van der Waals surface area contributed by atoms with Crippen molar-refractivity contribution in [3.05, 3.63) is 17.6 Å². The van der Waals surface area contributed by atoms with Crippen LogP contribution in [0.1, 0.15) is 36.3 Å². The van der Waals surface area contributed by atoms with E-state index in [1.165, 1.54) is 25.9 Å². The normalized spacial score (nSPS) is 33.4. The Labute approximate surface area is 113 Å². The Morgan fingerprint density at radius 3 is 2.53 bits per heavy atom. The highest BCUT2D eigenvalue weighted by atomic mass is 15.4. The van der Waals surface area contributed by atoms with Gasteiger partial charge in [0.15, 0.2) is 0 Å². The third-order valence-corrected chi connectivity index (χ3v) is 4.48. The lowest BCUT2D eigenvalue weighted by Crippen LogP contribution is -2.57. The van der Waals surface area contributed by atoms with Crippen molar-refractivity contribution >= 4 is 5.82 Å². The van der Waals surface area contributed by atoms with Gasteiger partial charge in [-0.25, -0.2) is 15.8 Å². The maximum absolute atomic E-state index is 5.55. The molecule has 1 saturated carbocycles. The number of hydrogen-bond acceptors (Lipinski definition) is 6. The highest BCUT2D eigenvalue weighted by Gasteiger charge is 2.35. The molecule has 6 heteroatoms. The summed E-state index contributed by atoms with van der Waals surface area (Å²) in [5.74, 6) is 7.88. The Bertz CT molecular complexity index is 478. The number of nitrogens with one attached hydrogen (secondary N) is 1. The van der Waals surface area contributed by atoms with E-state index in [1.807, 2.05) is 6.07 Å². The first-order valence-corrected chi connectivity index (χ1v) is 7.15. The molecule has 0 aromatic carbocycles. The number of aromatic nitrogens is 2. The number of anilines is 1. The van der Waals surface area contributed by atoms with Crippen LogP contribution in [0.3, 0.4) is 0 Å². The van der Waals surface area contributed by atoms with E-state index in [-0.39, 0.29) is 0 Å². The van der Waals surface area contributed by atoms with Gasteiger partial charge in [-0.15, -0.1) is 0 Å². The molecule has 1 aliphatic carbocycles. The van der Waals surface area contributed by atoms with E-state index in [4.69, 9.17) is 10.8 Å². The van der Waals surface area contributed by atoms with Crippen molar-refractivity contribution < 1.29 is 0 Å². The van der Waals surface area contributed by atoms with Gasteiger partial charge in [-0.05, 0) is 12.8 Å². The number of fused-ring (bicyclic) bond motifs is 3. The van der Waals surface area contributed by atoms with Crippen LogP contribution in [0.4, 0.5) is 5.82 Å². The summed E-state index contributed by atoms with van der Waals surface area (Å²) in [6, 6.07) is 2.34. The molecule has 5 rings (SSSR count). The second-order valence-electron chi connectivity index (χ2n) is 5.81. The summed E-state index contributed by atoms with van der Waals surface area (Å²) in [7, 11) is 0. The first-order chi connectivity index (χ1) is 9.33. The van der Waals surface area contributed by atoms with Gasteiger partial charge in [-0.1, -0.05) is 0 Å². The van der Waals surface area contributed by atoms with Gasteiger partial charge in [0.05, 0.1) is 6.04 Å². The van der Waals surface area contributed by atoms with E-state index >= 15 is 0 Å². The second-order valence-corrected chi connectivity index (χ2v) is 5.81. The Morgan fingerprint density at radius 2 is 1.95 bits per heavy atom. The summed E-state index contributed by atoms with van der Waals surface area (Å²) >= 11 is 0. The molecule has 0 amide bonds. The first kappa shape index (κ1) is 11.6. The van der Waals surface area contributed by atoms with Crippen molar-refractivity contribution in [1.29, 1.82) is 0 Å². The number of nitrogens with two attached hydrogens (primary N) is 1. The number of piperazine rings is 3. The van der Waals surface area contributed by atoms with E-state index < -0.39 is 0 Å². The fourth-order valence-corrected chi connectivity index (χ4v) is 3.16. The van der Waals surface area contributed by atoms with Gasteiger partial charge in [-0.3, -0.25) is 9.80 Å². The smallest absolute Gasteiger partial charge is 0.149 e. The van der Waals surface area contributed by atoms with Crippen LogP contribution in [0.15, 0.2) is 6.07 Å². The zero-order valence-corrected chi connectivity index (χ0v) is 11.0. The molecule has 4 heterocycles. The summed E-state index contributed by atoms with van der Waals surface area (Å²) in [5, 5.41) is 0. The van der Waals surface area contributed by atoms with E-state index in [9.17, 15) is 0 Å². The summed E-state index contributed by atoms with van der Waals surface area (Å²) in [5.41, 5.74) is 3.85. The SMILES string of the molecule is NNc1cc(C2CC2)nc(C2CN3CCN2CC3)n1. The van der Waals surface area contributed by atoms with E-state index in [2.05, 4.69) is 20.2 Å². The molecule has 1 aromatic heterocycles. The Hall–Kier alpha value is -1.24. The van der Waals surface area contributed by atoms with Crippen molar-refractivity contribution in [1.82, 2.24) is 19.8 Å². The lowest BCUT2D eigenvalue weighted by molar-refractivity contribution is 0.00862. The molecular formula is C13H20N6. The maximum Gasteiger partial charge on any atom is 0.149 e. The van der Waals surface area contributed by atoms with Crippen LogP contribution in [0.5, 0.6) is 0 Å². The minimum atomic E-state index is 0.341. The van der Waals surface area contributed by atoms with Gasteiger partial charge in [-0.2, -0.15) is 0 Å². The lowest BCUT2D eigenvalue weighted by atomic mass is 10.1. The highest BCUT2D eigenvalue weighted by Crippen LogP contribution is 2.40. The van der Waals surface area contributed by atoms with Crippen LogP contribution in [-0.4, -0.2) is 52.5 Å². The molecule has 6 nitrogen and oxygen atoms in total. The molecule has 2 bridgehead atoms. The average molecular weight is 260 g/mol. The fourth-order valence-electron chi connectivity index (χ4n) is 3.16. The molecule has 1 unspecified atom stereocenters.